The van der Waals surface area contributed by atoms with Gasteiger partial charge in [-0.3, -0.25) is 14.5 Å². The van der Waals surface area contributed by atoms with E-state index in [-0.39, 0.29) is 22.2 Å². The van der Waals surface area contributed by atoms with Gasteiger partial charge in [-0.25, -0.2) is 14.6 Å². The molecule has 3 rings (SSSR count). The van der Waals surface area contributed by atoms with Crippen LogP contribution in [0.1, 0.15) is 26.5 Å². The largest absolute Gasteiger partial charge is 0.477 e. The van der Waals surface area contributed by atoms with Gasteiger partial charge in [-0.2, -0.15) is 0 Å². The third kappa shape index (κ3) is 7.33. The summed E-state index contributed by atoms with van der Waals surface area (Å²) in [5.74, 6) is -3.04. The number of hydrogen-bond donors (Lipinski definition) is 3. The minimum absolute atomic E-state index is 0.0878. The summed E-state index contributed by atoms with van der Waals surface area (Å²) in [5.41, 5.74) is 5.66. The summed E-state index contributed by atoms with van der Waals surface area (Å²) in [6.07, 6.45) is 1.39. The number of nitrogen functional groups attached to an aromatic ring is 1. The fourth-order valence-electron chi connectivity index (χ4n) is 3.49. The lowest BCUT2D eigenvalue weighted by Crippen LogP contribution is -2.71. The van der Waals surface area contributed by atoms with E-state index in [0.29, 0.717) is 11.3 Å². The summed E-state index contributed by atoms with van der Waals surface area (Å²) in [4.78, 5) is 60.6. The normalized spacial score (nSPS) is 18.6. The highest BCUT2D eigenvalue weighted by molar-refractivity contribution is 8.00. The summed E-state index contributed by atoms with van der Waals surface area (Å²) >= 11 is 2.35. The average molecular weight is 569 g/mol. The number of fused-ring (bicyclic) bond motifs is 1. The van der Waals surface area contributed by atoms with Crippen molar-refractivity contribution in [2.45, 2.75) is 32.2 Å². The summed E-state index contributed by atoms with van der Waals surface area (Å²) in [5, 5.41) is 16.7. The third-order valence-electron chi connectivity index (χ3n) is 5.62. The summed E-state index contributed by atoms with van der Waals surface area (Å²) in [6, 6.07) is -0.986. The van der Waals surface area contributed by atoms with E-state index < -0.39 is 41.8 Å². The molecule has 2 aliphatic heterocycles. The van der Waals surface area contributed by atoms with Gasteiger partial charge in [0.2, 0.25) is 6.61 Å². The Morgan fingerprint density at radius 3 is 2.47 bits per heavy atom. The molecular formula is C23H32N6O7S2. The van der Waals surface area contributed by atoms with E-state index in [2.05, 4.69) is 52.4 Å². The molecule has 38 heavy (non-hydrogen) atoms. The van der Waals surface area contributed by atoms with E-state index in [1.807, 2.05) is 0 Å². The monoisotopic (exact) mass is 568 g/mol. The van der Waals surface area contributed by atoms with Crippen LogP contribution in [-0.2, 0) is 28.8 Å². The minimum Gasteiger partial charge on any atom is -0.477 e. The zero-order valence-electron chi connectivity index (χ0n) is 21.6. The highest BCUT2D eigenvalue weighted by Crippen LogP contribution is 2.40. The molecule has 208 valence electrons. The molecule has 3 heterocycles. The molecule has 4 N–H and O–H groups in total. The van der Waals surface area contributed by atoms with Gasteiger partial charge >= 0.3 is 11.9 Å². The van der Waals surface area contributed by atoms with Gasteiger partial charge in [0.05, 0.1) is 7.11 Å². The number of allylic oxidation sites excluding steroid dienone is 1. The molecule has 1 aromatic rings. The molecule has 0 spiro atoms. The van der Waals surface area contributed by atoms with Crippen LogP contribution in [0.2, 0.25) is 0 Å². The molecule has 0 saturated carbocycles. The van der Waals surface area contributed by atoms with E-state index in [0.717, 1.165) is 23.3 Å². The van der Waals surface area contributed by atoms with Crippen molar-refractivity contribution >= 4 is 57.7 Å². The number of carbonyl (C=O) groups excluding carboxylic acids is 3. The maximum Gasteiger partial charge on any atom is 0.352 e. The first-order chi connectivity index (χ1) is 18.1. The van der Waals surface area contributed by atoms with Gasteiger partial charge in [0.25, 0.3) is 11.8 Å². The lowest BCUT2D eigenvalue weighted by Gasteiger charge is -2.49. The summed E-state index contributed by atoms with van der Waals surface area (Å²) in [7, 11) is 1.16. The van der Waals surface area contributed by atoms with Gasteiger partial charge in [-0.1, -0.05) is 38.6 Å². The average Bonchev–Trinajstić information content (AvgIpc) is 3.35. The predicted molar refractivity (Wildman–Crippen MR) is 144 cm³/mol. The minimum atomic E-state index is -1.25. The number of carboxylic acid groups (broad SMARTS) is 1. The maximum atomic E-state index is 12.8. The Labute approximate surface area is 228 Å². The molecule has 1 aromatic heterocycles. The van der Waals surface area contributed by atoms with Crippen LogP contribution in [0.25, 0.3) is 0 Å². The van der Waals surface area contributed by atoms with Gasteiger partial charge in [0.15, 0.2) is 10.8 Å². The van der Waals surface area contributed by atoms with Crippen molar-refractivity contribution in [1.82, 2.24) is 20.1 Å². The first-order valence-corrected chi connectivity index (χ1v) is 13.6. The Bertz CT molecular complexity index is 1110. The molecular weight excluding hydrogens is 536 g/mol. The lowest BCUT2D eigenvalue weighted by atomic mass is 10.0. The molecule has 0 bridgehead atoms. The van der Waals surface area contributed by atoms with Crippen LogP contribution in [0.15, 0.2) is 34.5 Å². The van der Waals surface area contributed by atoms with Gasteiger partial charge < -0.3 is 30.6 Å². The smallest absolute Gasteiger partial charge is 0.352 e. The van der Waals surface area contributed by atoms with Crippen LogP contribution in [0.4, 0.5) is 5.13 Å². The molecule has 13 nitrogen and oxygen atoms in total. The number of rotatable bonds is 11. The number of carboxylic acids is 1. The van der Waals surface area contributed by atoms with Crippen LogP contribution in [0, 0.1) is 0 Å². The zero-order valence-corrected chi connectivity index (χ0v) is 23.3. The van der Waals surface area contributed by atoms with Crippen LogP contribution in [-0.4, -0.2) is 99.9 Å². The van der Waals surface area contributed by atoms with E-state index >= 15 is 0 Å². The molecule has 0 aromatic carbocycles. The number of hydrogen-bond acceptors (Lipinski definition) is 12. The molecule has 2 atom stereocenters. The van der Waals surface area contributed by atoms with Crippen molar-refractivity contribution in [3.8, 4) is 0 Å². The number of aromatic nitrogens is 1. The van der Waals surface area contributed by atoms with Crippen LogP contribution < -0.4 is 11.1 Å². The number of carbonyl (C=O) groups is 4. The topological polar surface area (TPSA) is 177 Å². The highest BCUT2D eigenvalue weighted by atomic mass is 32.2. The predicted octanol–water partition coefficient (Wildman–Crippen LogP) is 0.892. The molecule has 0 radical (unpaired) electrons. The van der Waals surface area contributed by atoms with Gasteiger partial charge in [-0.15, -0.1) is 23.1 Å². The SMILES string of the molecule is C=CC1=C(C(=O)O)N2C(=O)C(NC(=O)C(=NOCC(=O)OC)c3csc(N)n3)[C@H]2SC1.CCN(CC)CC. The van der Waals surface area contributed by atoms with Crippen LogP contribution in [0.5, 0.6) is 0 Å². The van der Waals surface area contributed by atoms with E-state index in [1.54, 1.807) is 0 Å². The van der Waals surface area contributed by atoms with Crippen molar-refractivity contribution in [2.75, 3.05) is 44.8 Å². The number of nitrogens with zero attached hydrogens (tertiary/aromatic N) is 4. The molecule has 2 aliphatic rings. The number of nitrogens with one attached hydrogen (secondary N) is 1. The Balaban J connectivity index is 0.000000638. The van der Waals surface area contributed by atoms with Crippen molar-refractivity contribution in [3.63, 3.8) is 0 Å². The number of β-lactam (4-membered cyclic amide) rings is 1. The van der Waals surface area contributed by atoms with E-state index in [1.165, 1.54) is 42.9 Å². The highest BCUT2D eigenvalue weighted by Gasteiger charge is 2.54. The fraction of sp³-hybridized carbons (Fsp3) is 0.478. The number of methoxy groups -OCH3 is 1. The number of thioether (sulfide) groups is 1. The Morgan fingerprint density at radius 2 is 2.00 bits per heavy atom. The van der Waals surface area contributed by atoms with Crippen molar-refractivity contribution < 1.29 is 33.9 Å². The Hall–Kier alpha value is -3.43. The number of thiazole rings is 1. The summed E-state index contributed by atoms with van der Waals surface area (Å²) < 4.78 is 4.43. The van der Waals surface area contributed by atoms with Gasteiger partial charge in [0, 0.05) is 11.1 Å². The number of amides is 2. The number of esters is 1. The van der Waals surface area contributed by atoms with E-state index in [4.69, 9.17) is 10.6 Å². The van der Waals surface area contributed by atoms with Crippen LogP contribution in [0.3, 0.4) is 0 Å². The van der Waals surface area contributed by atoms with Crippen molar-refractivity contribution in [2.24, 2.45) is 5.16 Å². The molecule has 15 heteroatoms. The first kappa shape index (κ1) is 30.8. The number of aliphatic carboxylic acids is 1. The maximum absolute atomic E-state index is 12.8. The van der Waals surface area contributed by atoms with Crippen molar-refractivity contribution in [1.29, 1.82) is 0 Å². The molecule has 1 saturated heterocycles. The number of ether oxygens (including phenoxy) is 1. The van der Waals surface area contributed by atoms with Crippen LogP contribution >= 0.6 is 23.1 Å². The third-order valence-corrected chi connectivity index (χ3v) is 7.60. The quantitative estimate of drug-likeness (QED) is 0.149. The number of anilines is 1. The Kier molecular flexibility index (Phi) is 11.7. The van der Waals surface area contributed by atoms with E-state index in [9.17, 15) is 24.3 Å². The van der Waals surface area contributed by atoms with Gasteiger partial charge in [-0.05, 0) is 25.2 Å². The second kappa shape index (κ2) is 14.5. The summed E-state index contributed by atoms with van der Waals surface area (Å²) in [6.45, 7) is 13.2. The van der Waals surface area contributed by atoms with Gasteiger partial charge in [0.1, 0.15) is 22.8 Å². The molecule has 2 amide bonds. The molecule has 0 aliphatic carbocycles. The standard InChI is InChI=1S/C17H17N5O7S2.C6H15N/c1-3-7-5-30-15-11(14(25)22(15)12(7)16(26)27)20-13(24)10(8-6-31-17(18)19-8)21-29-4-9(23)28-2;1-4-7(5-2)6-3/h3,6,11,15H,1,4-5H2,2H3,(H2,18,19)(H,20,24)(H,26,27);4-6H2,1-3H3/t11?,15-;/m1./s1. The second-order valence-electron chi connectivity index (χ2n) is 7.72. The Morgan fingerprint density at radius 1 is 1.34 bits per heavy atom. The fourth-order valence-corrected chi connectivity index (χ4v) is 5.38. The second-order valence-corrected chi connectivity index (χ2v) is 9.72. The van der Waals surface area contributed by atoms with Crippen molar-refractivity contribution in [3.05, 3.63) is 35.0 Å². The first-order valence-electron chi connectivity index (χ1n) is 11.7. The number of nitrogens with two attached hydrogens (primary N) is 1. The molecule has 1 unspecified atom stereocenters. The molecule has 1 fully saturated rings. The lowest BCUT2D eigenvalue weighted by molar-refractivity contribution is -0.150. The zero-order chi connectivity index (χ0) is 28.4. The number of oxime groups is 1.